The minimum absolute atomic E-state index is 0.0614. The van der Waals surface area contributed by atoms with Crippen molar-refractivity contribution in [3.63, 3.8) is 0 Å². The number of fused-ring (bicyclic) bond motifs is 1. The van der Waals surface area contributed by atoms with E-state index in [4.69, 9.17) is 0 Å². The van der Waals surface area contributed by atoms with E-state index in [-0.39, 0.29) is 11.5 Å². The molecule has 3 aromatic rings. The van der Waals surface area contributed by atoms with E-state index in [1.165, 1.54) is 11.6 Å². The summed E-state index contributed by atoms with van der Waals surface area (Å²) in [5.74, 6) is -0.0614. The maximum atomic E-state index is 12.4. The number of carbonyl (C=O) groups is 1. The molecule has 28 heavy (non-hydrogen) atoms. The van der Waals surface area contributed by atoms with E-state index < -0.39 is 5.69 Å². The molecular formula is C20H25N5O3. The number of hydrogen-bond acceptors (Lipinski definition) is 4. The highest BCUT2D eigenvalue weighted by molar-refractivity contribution is 5.92. The lowest BCUT2D eigenvalue weighted by atomic mass is 10.1. The topological polar surface area (TPSA) is 90.9 Å². The van der Waals surface area contributed by atoms with Crippen LogP contribution in [0.3, 0.4) is 0 Å². The number of nitrogens with zero attached hydrogens (tertiary/aromatic N) is 4. The van der Waals surface area contributed by atoms with Gasteiger partial charge < -0.3 is 9.88 Å². The Bertz CT molecular complexity index is 1150. The highest BCUT2D eigenvalue weighted by Crippen LogP contribution is 2.21. The van der Waals surface area contributed by atoms with Gasteiger partial charge >= 0.3 is 5.69 Å². The smallest absolute Gasteiger partial charge is 0.326 e. The lowest BCUT2D eigenvalue weighted by molar-refractivity contribution is -0.116. The standard InChI is InChI=1S/C20H25N5O3/c1-5-14-9-6-8-13(2)16(14)22-15(26)10-7-11-25-12-21-18-17(25)19(27)24(4)20(28)23(18)3/h6,8-9,12H,5,7,10-11H2,1-4H3,(H,22,26). The van der Waals surface area contributed by atoms with Gasteiger partial charge in [0.05, 0.1) is 6.33 Å². The molecular weight excluding hydrogens is 358 g/mol. The van der Waals surface area contributed by atoms with E-state index in [0.29, 0.717) is 30.6 Å². The third-order valence-corrected chi connectivity index (χ3v) is 5.02. The summed E-state index contributed by atoms with van der Waals surface area (Å²) in [4.78, 5) is 41.0. The second kappa shape index (κ2) is 7.84. The van der Waals surface area contributed by atoms with Crippen molar-refractivity contribution in [2.24, 2.45) is 14.1 Å². The quantitative estimate of drug-likeness (QED) is 0.702. The molecule has 8 nitrogen and oxygen atoms in total. The molecule has 1 aromatic carbocycles. The van der Waals surface area contributed by atoms with E-state index in [1.807, 2.05) is 25.1 Å². The van der Waals surface area contributed by atoms with E-state index in [1.54, 1.807) is 17.9 Å². The Labute approximate surface area is 162 Å². The predicted octanol–water partition coefficient (Wildman–Crippen LogP) is 1.72. The number of rotatable bonds is 6. The zero-order chi connectivity index (χ0) is 20.4. The zero-order valence-corrected chi connectivity index (χ0v) is 16.7. The van der Waals surface area contributed by atoms with Crippen LogP contribution < -0.4 is 16.6 Å². The first-order chi connectivity index (χ1) is 13.3. The molecule has 0 aliphatic carbocycles. The first-order valence-corrected chi connectivity index (χ1v) is 9.34. The van der Waals surface area contributed by atoms with Crippen molar-refractivity contribution >= 4 is 22.8 Å². The second-order valence-electron chi connectivity index (χ2n) is 6.93. The molecule has 0 radical (unpaired) electrons. The highest BCUT2D eigenvalue weighted by atomic mass is 16.2. The fourth-order valence-corrected chi connectivity index (χ4v) is 3.38. The molecule has 0 saturated heterocycles. The van der Waals surface area contributed by atoms with Crippen LogP contribution >= 0.6 is 0 Å². The van der Waals surface area contributed by atoms with Gasteiger partial charge in [0.2, 0.25) is 5.91 Å². The molecule has 1 N–H and O–H groups in total. The summed E-state index contributed by atoms with van der Waals surface area (Å²) in [6, 6.07) is 5.98. The fourth-order valence-electron chi connectivity index (χ4n) is 3.38. The van der Waals surface area contributed by atoms with Crippen molar-refractivity contribution < 1.29 is 4.79 Å². The van der Waals surface area contributed by atoms with Gasteiger partial charge in [-0.3, -0.25) is 18.7 Å². The van der Waals surface area contributed by atoms with Gasteiger partial charge in [-0.05, 0) is 30.9 Å². The Balaban J connectivity index is 1.72. The van der Waals surface area contributed by atoms with Crippen LogP contribution in [0.25, 0.3) is 11.2 Å². The number of hydrogen-bond donors (Lipinski definition) is 1. The number of aromatic nitrogens is 4. The van der Waals surface area contributed by atoms with Crippen molar-refractivity contribution in [2.75, 3.05) is 5.32 Å². The van der Waals surface area contributed by atoms with Gasteiger partial charge in [-0.15, -0.1) is 0 Å². The number of para-hydroxylation sites is 1. The third kappa shape index (κ3) is 3.49. The Morgan fingerprint density at radius 3 is 2.64 bits per heavy atom. The zero-order valence-electron chi connectivity index (χ0n) is 16.7. The molecule has 0 bridgehead atoms. The lowest BCUT2D eigenvalue weighted by Gasteiger charge is -2.13. The van der Waals surface area contributed by atoms with Crippen LogP contribution in [0.2, 0.25) is 0 Å². The van der Waals surface area contributed by atoms with Gasteiger partial charge in [-0.25, -0.2) is 9.78 Å². The van der Waals surface area contributed by atoms with Crippen LogP contribution in [0.1, 0.15) is 30.9 Å². The Kier molecular flexibility index (Phi) is 5.48. The van der Waals surface area contributed by atoms with Gasteiger partial charge in [0, 0.05) is 32.7 Å². The first-order valence-electron chi connectivity index (χ1n) is 9.34. The van der Waals surface area contributed by atoms with E-state index in [9.17, 15) is 14.4 Å². The van der Waals surface area contributed by atoms with E-state index in [0.717, 1.165) is 27.8 Å². The molecule has 0 atom stereocenters. The number of amides is 1. The normalized spacial score (nSPS) is 11.1. The third-order valence-electron chi connectivity index (χ3n) is 5.02. The van der Waals surface area contributed by atoms with Crippen LogP contribution in [0.5, 0.6) is 0 Å². The number of carbonyl (C=O) groups excluding carboxylic acids is 1. The first kappa shape index (κ1) is 19.6. The van der Waals surface area contributed by atoms with Gasteiger partial charge in [0.1, 0.15) is 0 Å². The number of anilines is 1. The van der Waals surface area contributed by atoms with Crippen molar-refractivity contribution in [2.45, 2.75) is 39.7 Å². The monoisotopic (exact) mass is 383 g/mol. The summed E-state index contributed by atoms with van der Waals surface area (Å²) >= 11 is 0. The van der Waals surface area contributed by atoms with Crippen LogP contribution in [0.15, 0.2) is 34.1 Å². The van der Waals surface area contributed by atoms with Crippen LogP contribution in [0, 0.1) is 6.92 Å². The highest BCUT2D eigenvalue weighted by Gasteiger charge is 2.14. The summed E-state index contributed by atoms with van der Waals surface area (Å²) in [6.45, 7) is 4.50. The van der Waals surface area contributed by atoms with Crippen molar-refractivity contribution in [3.05, 3.63) is 56.5 Å². The Hall–Kier alpha value is -3.16. The molecule has 0 spiro atoms. The molecule has 148 valence electrons. The van der Waals surface area contributed by atoms with E-state index >= 15 is 0 Å². The summed E-state index contributed by atoms with van der Waals surface area (Å²) in [5, 5.41) is 3.01. The fraction of sp³-hybridized carbons (Fsp3) is 0.400. The molecule has 0 aliphatic rings. The van der Waals surface area contributed by atoms with Gasteiger partial charge in [-0.1, -0.05) is 25.1 Å². The van der Waals surface area contributed by atoms with E-state index in [2.05, 4.69) is 17.2 Å². The maximum absolute atomic E-state index is 12.4. The van der Waals surface area contributed by atoms with Crippen LogP contribution in [-0.2, 0) is 31.9 Å². The van der Waals surface area contributed by atoms with Gasteiger partial charge in [0.25, 0.3) is 5.56 Å². The summed E-state index contributed by atoms with van der Waals surface area (Å²) in [6.07, 6.45) is 3.26. The molecule has 3 rings (SSSR count). The average Bonchev–Trinajstić information content (AvgIpc) is 3.10. The number of benzene rings is 1. The minimum atomic E-state index is -0.410. The maximum Gasteiger partial charge on any atom is 0.332 e. The Morgan fingerprint density at radius 1 is 1.18 bits per heavy atom. The minimum Gasteiger partial charge on any atom is -0.326 e. The molecule has 2 heterocycles. The summed E-state index contributed by atoms with van der Waals surface area (Å²) in [5.41, 5.74) is 2.96. The molecule has 2 aromatic heterocycles. The predicted molar refractivity (Wildman–Crippen MR) is 109 cm³/mol. The molecule has 0 aliphatic heterocycles. The largest absolute Gasteiger partial charge is 0.332 e. The molecule has 0 fully saturated rings. The van der Waals surface area contributed by atoms with Crippen LogP contribution in [0.4, 0.5) is 5.69 Å². The van der Waals surface area contributed by atoms with Gasteiger partial charge in [-0.2, -0.15) is 0 Å². The summed E-state index contributed by atoms with van der Waals surface area (Å²) in [7, 11) is 3.03. The van der Waals surface area contributed by atoms with Crippen LogP contribution in [-0.4, -0.2) is 24.6 Å². The summed E-state index contributed by atoms with van der Waals surface area (Å²) < 4.78 is 4.12. The average molecular weight is 383 g/mol. The van der Waals surface area contributed by atoms with Crippen molar-refractivity contribution in [1.82, 2.24) is 18.7 Å². The van der Waals surface area contributed by atoms with Gasteiger partial charge in [0.15, 0.2) is 11.2 Å². The second-order valence-corrected chi connectivity index (χ2v) is 6.93. The SMILES string of the molecule is CCc1cccc(C)c1NC(=O)CCCn1cnc2c1c(=O)n(C)c(=O)n2C. The molecule has 0 saturated carbocycles. The van der Waals surface area contributed by atoms with Crippen molar-refractivity contribution in [1.29, 1.82) is 0 Å². The molecule has 0 unspecified atom stereocenters. The molecule has 1 amide bonds. The number of nitrogens with one attached hydrogen (secondary N) is 1. The van der Waals surface area contributed by atoms with Crippen molar-refractivity contribution in [3.8, 4) is 0 Å². The molecule has 8 heteroatoms. The number of aryl methyl sites for hydroxylation is 4. The number of imidazole rings is 1. The lowest BCUT2D eigenvalue weighted by Crippen LogP contribution is -2.37. The Morgan fingerprint density at radius 2 is 1.93 bits per heavy atom.